The monoisotopic (exact) mass is 194 g/mol. The molecule has 0 aliphatic carbocycles. The van der Waals surface area contributed by atoms with E-state index in [-0.39, 0.29) is 0 Å². The van der Waals surface area contributed by atoms with Gasteiger partial charge in [-0.15, -0.1) is 0 Å². The summed E-state index contributed by atoms with van der Waals surface area (Å²) in [5.74, 6) is 0. The van der Waals surface area contributed by atoms with Gasteiger partial charge in [0.25, 0.3) is 0 Å². The van der Waals surface area contributed by atoms with Gasteiger partial charge >= 0.3 is 0 Å². The van der Waals surface area contributed by atoms with Crippen molar-refractivity contribution in [2.24, 2.45) is 0 Å². The van der Waals surface area contributed by atoms with Crippen LogP contribution in [0, 0.1) is 0 Å². The fourth-order valence-corrected chi connectivity index (χ4v) is 1.24. The molecule has 0 unspecified atom stereocenters. The van der Waals surface area contributed by atoms with Crippen LogP contribution in [0.5, 0.6) is 0 Å². The normalized spacial score (nSPS) is 11.2. The maximum atomic E-state index is 10.1. The molecule has 0 bridgehead atoms. The van der Waals surface area contributed by atoms with Crippen molar-refractivity contribution < 1.29 is 4.79 Å². The molecule has 14 heavy (non-hydrogen) atoms. The molecular formula is C13H22O. The standard InChI is InChI=1S/C13H22O/c1-12(2)8-7-10-13(3)9-5-4-6-11-14/h8-9,11H,4-7,10H2,1-3H3/b13-9+. The minimum absolute atomic E-state index is 0.692. The Morgan fingerprint density at radius 2 is 1.71 bits per heavy atom. The summed E-state index contributed by atoms with van der Waals surface area (Å²) in [6.45, 7) is 6.42. The van der Waals surface area contributed by atoms with Gasteiger partial charge in [0.15, 0.2) is 0 Å². The van der Waals surface area contributed by atoms with Gasteiger partial charge in [0.05, 0.1) is 0 Å². The summed E-state index contributed by atoms with van der Waals surface area (Å²) in [5.41, 5.74) is 2.83. The van der Waals surface area contributed by atoms with Crippen LogP contribution < -0.4 is 0 Å². The van der Waals surface area contributed by atoms with Crippen LogP contribution in [-0.2, 0) is 4.79 Å². The van der Waals surface area contributed by atoms with Crippen LogP contribution in [0.3, 0.4) is 0 Å². The van der Waals surface area contributed by atoms with Crippen LogP contribution in [0.2, 0.25) is 0 Å². The maximum Gasteiger partial charge on any atom is 0.120 e. The lowest BCUT2D eigenvalue weighted by atomic mass is 10.1. The van der Waals surface area contributed by atoms with E-state index in [0.717, 1.165) is 32.0 Å². The molecule has 0 atom stereocenters. The second-order valence-corrected chi connectivity index (χ2v) is 3.97. The molecule has 1 heteroatoms. The molecule has 1 nitrogen and oxygen atoms in total. The zero-order chi connectivity index (χ0) is 10.8. The molecule has 0 saturated heterocycles. The second kappa shape index (κ2) is 8.74. The lowest BCUT2D eigenvalue weighted by Gasteiger charge is -1.98. The Morgan fingerprint density at radius 3 is 2.29 bits per heavy atom. The molecule has 0 fully saturated rings. The molecule has 0 N–H and O–H groups in total. The first-order valence-corrected chi connectivity index (χ1v) is 5.39. The number of unbranched alkanes of at least 4 members (excludes halogenated alkanes) is 2. The average Bonchev–Trinajstić information content (AvgIpc) is 2.12. The Kier molecular flexibility index (Phi) is 8.20. The molecule has 0 spiro atoms. The third-order valence-electron chi connectivity index (χ3n) is 2.11. The van der Waals surface area contributed by atoms with Crippen LogP contribution in [0.25, 0.3) is 0 Å². The van der Waals surface area contributed by atoms with E-state index in [9.17, 15) is 4.79 Å². The highest BCUT2D eigenvalue weighted by Gasteiger charge is 1.89. The molecule has 0 saturated carbocycles. The first-order chi connectivity index (χ1) is 6.66. The number of hydrogen-bond acceptors (Lipinski definition) is 1. The van der Waals surface area contributed by atoms with Gasteiger partial charge in [-0.25, -0.2) is 0 Å². The predicted octanol–water partition coefficient (Wildman–Crippen LogP) is 4.05. The molecule has 80 valence electrons. The molecule has 0 aromatic heterocycles. The topological polar surface area (TPSA) is 17.1 Å². The van der Waals surface area contributed by atoms with Crippen molar-refractivity contribution in [2.75, 3.05) is 0 Å². The number of allylic oxidation sites excluding steroid dienone is 4. The van der Waals surface area contributed by atoms with E-state index >= 15 is 0 Å². The second-order valence-electron chi connectivity index (χ2n) is 3.97. The number of carbonyl (C=O) groups excluding carboxylic acids is 1. The summed E-state index contributed by atoms with van der Waals surface area (Å²) in [6, 6.07) is 0. The van der Waals surface area contributed by atoms with Crippen molar-refractivity contribution in [1.29, 1.82) is 0 Å². The summed E-state index contributed by atoms with van der Waals surface area (Å²) in [7, 11) is 0. The molecular weight excluding hydrogens is 172 g/mol. The Balaban J connectivity index is 3.56. The Labute approximate surface area is 87.9 Å². The fourth-order valence-electron chi connectivity index (χ4n) is 1.24. The Hall–Kier alpha value is -0.850. The zero-order valence-electron chi connectivity index (χ0n) is 9.68. The summed E-state index contributed by atoms with van der Waals surface area (Å²) in [6.07, 6.45) is 10.5. The molecule has 0 aliphatic rings. The van der Waals surface area contributed by atoms with E-state index in [2.05, 4.69) is 32.9 Å². The quantitative estimate of drug-likeness (QED) is 0.339. The third kappa shape index (κ3) is 9.24. The molecule has 0 aliphatic heterocycles. The summed E-state index contributed by atoms with van der Waals surface area (Å²) >= 11 is 0. The SMILES string of the molecule is CC(C)=CCC/C(C)=C/CCCC=O. The summed E-state index contributed by atoms with van der Waals surface area (Å²) in [4.78, 5) is 10.1. The van der Waals surface area contributed by atoms with Crippen LogP contribution in [0.1, 0.15) is 52.9 Å². The van der Waals surface area contributed by atoms with Crippen molar-refractivity contribution >= 4 is 6.29 Å². The van der Waals surface area contributed by atoms with Crippen LogP contribution in [-0.4, -0.2) is 6.29 Å². The predicted molar refractivity (Wildman–Crippen MR) is 62.3 cm³/mol. The fraction of sp³-hybridized carbons (Fsp3) is 0.615. The van der Waals surface area contributed by atoms with E-state index in [0.29, 0.717) is 6.42 Å². The zero-order valence-corrected chi connectivity index (χ0v) is 9.68. The largest absolute Gasteiger partial charge is 0.303 e. The van der Waals surface area contributed by atoms with E-state index < -0.39 is 0 Å². The van der Waals surface area contributed by atoms with Gasteiger partial charge in [0, 0.05) is 6.42 Å². The number of rotatable bonds is 7. The Bertz CT molecular complexity index is 207. The molecule has 0 radical (unpaired) electrons. The molecule has 0 amide bonds. The van der Waals surface area contributed by atoms with Crippen LogP contribution >= 0.6 is 0 Å². The highest BCUT2D eigenvalue weighted by Crippen LogP contribution is 2.08. The van der Waals surface area contributed by atoms with Gasteiger partial charge in [-0.2, -0.15) is 0 Å². The molecule has 0 aromatic rings. The van der Waals surface area contributed by atoms with E-state index in [4.69, 9.17) is 0 Å². The number of hydrogen-bond donors (Lipinski definition) is 0. The van der Waals surface area contributed by atoms with Gasteiger partial charge in [-0.1, -0.05) is 23.3 Å². The first-order valence-electron chi connectivity index (χ1n) is 5.39. The van der Waals surface area contributed by atoms with E-state index in [1.54, 1.807) is 0 Å². The van der Waals surface area contributed by atoms with Crippen LogP contribution in [0.4, 0.5) is 0 Å². The van der Waals surface area contributed by atoms with Gasteiger partial charge in [-0.05, 0) is 46.5 Å². The lowest BCUT2D eigenvalue weighted by molar-refractivity contribution is -0.107. The molecule has 0 aromatic carbocycles. The first kappa shape index (κ1) is 13.2. The summed E-state index contributed by atoms with van der Waals surface area (Å²) in [5, 5.41) is 0. The van der Waals surface area contributed by atoms with Crippen molar-refractivity contribution in [3.63, 3.8) is 0 Å². The minimum atomic E-state index is 0.692. The lowest BCUT2D eigenvalue weighted by Crippen LogP contribution is -1.79. The minimum Gasteiger partial charge on any atom is -0.303 e. The van der Waals surface area contributed by atoms with E-state index in [1.807, 2.05) is 0 Å². The smallest absolute Gasteiger partial charge is 0.120 e. The highest BCUT2D eigenvalue weighted by molar-refractivity contribution is 5.49. The van der Waals surface area contributed by atoms with Crippen LogP contribution in [0.15, 0.2) is 23.3 Å². The maximum absolute atomic E-state index is 10.1. The van der Waals surface area contributed by atoms with Gasteiger partial charge in [-0.3, -0.25) is 0 Å². The summed E-state index contributed by atoms with van der Waals surface area (Å²) < 4.78 is 0. The van der Waals surface area contributed by atoms with E-state index in [1.165, 1.54) is 11.1 Å². The molecule has 0 rings (SSSR count). The molecule has 0 heterocycles. The average molecular weight is 194 g/mol. The highest BCUT2D eigenvalue weighted by atomic mass is 16.1. The third-order valence-corrected chi connectivity index (χ3v) is 2.11. The number of aldehydes is 1. The van der Waals surface area contributed by atoms with Crippen molar-refractivity contribution in [3.8, 4) is 0 Å². The van der Waals surface area contributed by atoms with Gasteiger partial charge in [0.2, 0.25) is 0 Å². The van der Waals surface area contributed by atoms with Crippen molar-refractivity contribution in [2.45, 2.75) is 52.9 Å². The van der Waals surface area contributed by atoms with Crippen molar-refractivity contribution in [1.82, 2.24) is 0 Å². The number of carbonyl (C=O) groups is 1. The van der Waals surface area contributed by atoms with Gasteiger partial charge < -0.3 is 4.79 Å². The van der Waals surface area contributed by atoms with Crippen molar-refractivity contribution in [3.05, 3.63) is 23.3 Å². The Morgan fingerprint density at radius 1 is 1.00 bits per heavy atom. The van der Waals surface area contributed by atoms with Gasteiger partial charge in [0.1, 0.15) is 6.29 Å².